The topological polar surface area (TPSA) is 103 Å². The standard InChI is InChI=1S/C22H18N4OS/c1-14-7-5-6-10-16(14)20-17(11-23)21(25)26-22(18(20)12-24)28-13-19(27)15-8-3-2-4-9-15/h2-10,20,26H,13,25H2,1H3. The molecule has 1 heterocycles. The van der Waals surface area contributed by atoms with Gasteiger partial charge in [-0.15, -0.1) is 0 Å². The summed E-state index contributed by atoms with van der Waals surface area (Å²) in [5.41, 5.74) is 9.23. The van der Waals surface area contributed by atoms with E-state index in [1.165, 1.54) is 11.8 Å². The van der Waals surface area contributed by atoms with Crippen LogP contribution in [0.5, 0.6) is 0 Å². The van der Waals surface area contributed by atoms with Crippen LogP contribution in [0.1, 0.15) is 27.4 Å². The lowest BCUT2D eigenvalue weighted by Crippen LogP contribution is -2.30. The molecular formula is C22H18N4OS. The van der Waals surface area contributed by atoms with Crippen LogP contribution in [0.15, 0.2) is 76.6 Å². The van der Waals surface area contributed by atoms with E-state index in [4.69, 9.17) is 5.73 Å². The molecule has 1 aliphatic heterocycles. The molecule has 0 saturated carbocycles. The van der Waals surface area contributed by atoms with Gasteiger partial charge in [0.05, 0.1) is 40.0 Å². The molecule has 0 radical (unpaired) electrons. The fourth-order valence-electron chi connectivity index (χ4n) is 3.11. The van der Waals surface area contributed by atoms with Gasteiger partial charge in [0, 0.05) is 5.56 Å². The Balaban J connectivity index is 1.96. The van der Waals surface area contributed by atoms with E-state index < -0.39 is 5.92 Å². The minimum absolute atomic E-state index is 0.0433. The minimum Gasteiger partial charge on any atom is -0.384 e. The Morgan fingerprint density at radius 3 is 2.36 bits per heavy atom. The number of dihydropyridines is 1. The number of rotatable bonds is 5. The SMILES string of the molecule is Cc1ccccc1C1C(C#N)=C(N)NC(SCC(=O)c2ccccc2)=C1C#N. The van der Waals surface area contributed by atoms with Gasteiger partial charge in [-0.3, -0.25) is 4.79 Å². The summed E-state index contributed by atoms with van der Waals surface area (Å²) in [6, 6.07) is 21.0. The Kier molecular flexibility index (Phi) is 5.84. The molecule has 2 aromatic rings. The van der Waals surface area contributed by atoms with E-state index in [9.17, 15) is 15.3 Å². The zero-order valence-electron chi connectivity index (χ0n) is 15.3. The Morgan fingerprint density at radius 1 is 1.07 bits per heavy atom. The van der Waals surface area contributed by atoms with Crippen molar-refractivity contribution in [3.8, 4) is 12.1 Å². The van der Waals surface area contributed by atoms with E-state index in [-0.39, 0.29) is 17.4 Å². The number of thioether (sulfide) groups is 1. The summed E-state index contributed by atoms with van der Waals surface area (Å²) < 4.78 is 0. The molecule has 2 aromatic carbocycles. The lowest BCUT2D eigenvalue weighted by atomic mass is 9.82. The maximum absolute atomic E-state index is 12.4. The van der Waals surface area contributed by atoms with Crippen LogP contribution in [-0.4, -0.2) is 11.5 Å². The van der Waals surface area contributed by atoms with Crippen LogP contribution in [0.25, 0.3) is 0 Å². The van der Waals surface area contributed by atoms with Crippen molar-refractivity contribution in [3.05, 3.63) is 93.3 Å². The molecule has 1 atom stereocenters. The van der Waals surface area contributed by atoms with Crippen molar-refractivity contribution >= 4 is 17.5 Å². The highest BCUT2D eigenvalue weighted by Gasteiger charge is 2.32. The second kappa shape index (κ2) is 8.47. The summed E-state index contributed by atoms with van der Waals surface area (Å²) in [5.74, 6) is -0.220. The van der Waals surface area contributed by atoms with Crippen molar-refractivity contribution in [1.29, 1.82) is 10.5 Å². The predicted molar refractivity (Wildman–Crippen MR) is 110 cm³/mol. The summed E-state index contributed by atoms with van der Waals surface area (Å²) in [4.78, 5) is 12.4. The summed E-state index contributed by atoms with van der Waals surface area (Å²) in [6.45, 7) is 1.93. The zero-order valence-corrected chi connectivity index (χ0v) is 16.1. The highest BCUT2D eigenvalue weighted by atomic mass is 32.2. The summed E-state index contributed by atoms with van der Waals surface area (Å²) in [5, 5.41) is 22.9. The second-order valence-corrected chi connectivity index (χ2v) is 7.27. The molecule has 1 unspecified atom stereocenters. The maximum Gasteiger partial charge on any atom is 0.173 e. The van der Waals surface area contributed by atoms with Crippen LogP contribution in [0, 0.1) is 29.6 Å². The van der Waals surface area contributed by atoms with Crippen molar-refractivity contribution in [2.45, 2.75) is 12.8 Å². The lowest BCUT2D eigenvalue weighted by molar-refractivity contribution is 0.102. The van der Waals surface area contributed by atoms with E-state index in [1.807, 2.05) is 49.4 Å². The molecule has 3 N–H and O–H groups in total. The molecule has 0 aromatic heterocycles. The van der Waals surface area contributed by atoms with E-state index in [1.54, 1.807) is 12.1 Å². The highest BCUT2D eigenvalue weighted by Crippen LogP contribution is 2.40. The van der Waals surface area contributed by atoms with Crippen molar-refractivity contribution in [3.63, 3.8) is 0 Å². The number of nitrogens with one attached hydrogen (secondary N) is 1. The maximum atomic E-state index is 12.4. The average Bonchev–Trinajstić information content (AvgIpc) is 2.72. The molecule has 28 heavy (non-hydrogen) atoms. The molecule has 0 amide bonds. The van der Waals surface area contributed by atoms with Crippen LogP contribution in [0.2, 0.25) is 0 Å². The van der Waals surface area contributed by atoms with E-state index >= 15 is 0 Å². The average molecular weight is 386 g/mol. The van der Waals surface area contributed by atoms with Gasteiger partial charge in [-0.25, -0.2) is 0 Å². The molecule has 0 saturated heterocycles. The number of carbonyl (C=O) groups is 1. The summed E-state index contributed by atoms with van der Waals surface area (Å²) in [6.07, 6.45) is 0. The van der Waals surface area contributed by atoms with Gasteiger partial charge in [0.2, 0.25) is 0 Å². The molecule has 6 heteroatoms. The molecule has 0 aliphatic carbocycles. The van der Waals surface area contributed by atoms with E-state index in [2.05, 4.69) is 17.5 Å². The number of nitriles is 2. The normalized spacial score (nSPS) is 16.2. The molecule has 1 aliphatic rings. The third-order valence-electron chi connectivity index (χ3n) is 4.54. The third kappa shape index (κ3) is 3.78. The molecule has 5 nitrogen and oxygen atoms in total. The number of ketones is 1. The van der Waals surface area contributed by atoms with E-state index in [0.29, 0.717) is 21.7 Å². The van der Waals surface area contributed by atoms with Crippen molar-refractivity contribution in [2.24, 2.45) is 5.73 Å². The Labute approximate surface area is 168 Å². The fourth-order valence-corrected chi connectivity index (χ4v) is 4.05. The Hall–Kier alpha value is -3.48. The third-order valence-corrected chi connectivity index (χ3v) is 5.56. The number of hydrogen-bond donors (Lipinski definition) is 2. The van der Waals surface area contributed by atoms with Gasteiger partial charge in [0.25, 0.3) is 0 Å². The van der Waals surface area contributed by atoms with Gasteiger partial charge >= 0.3 is 0 Å². The van der Waals surface area contributed by atoms with Gasteiger partial charge < -0.3 is 11.1 Å². The Bertz CT molecular complexity index is 1060. The quantitative estimate of drug-likeness (QED) is 0.759. The molecule has 0 bridgehead atoms. The number of allylic oxidation sites excluding steroid dienone is 2. The van der Waals surface area contributed by atoms with Crippen molar-refractivity contribution < 1.29 is 4.79 Å². The minimum atomic E-state index is -0.549. The highest BCUT2D eigenvalue weighted by molar-refractivity contribution is 8.03. The van der Waals surface area contributed by atoms with Crippen LogP contribution in [0.4, 0.5) is 0 Å². The smallest absolute Gasteiger partial charge is 0.173 e. The molecular weight excluding hydrogens is 368 g/mol. The fraction of sp³-hybridized carbons (Fsp3) is 0.136. The molecule has 138 valence electrons. The second-order valence-electron chi connectivity index (χ2n) is 6.29. The first-order valence-corrected chi connectivity index (χ1v) is 9.63. The number of hydrogen-bond acceptors (Lipinski definition) is 6. The van der Waals surface area contributed by atoms with Gasteiger partial charge in [-0.05, 0) is 18.1 Å². The predicted octanol–water partition coefficient (Wildman–Crippen LogP) is 3.73. The summed E-state index contributed by atoms with van der Waals surface area (Å²) in [7, 11) is 0. The first-order valence-electron chi connectivity index (χ1n) is 8.64. The van der Waals surface area contributed by atoms with Gasteiger partial charge in [0.15, 0.2) is 5.78 Å². The van der Waals surface area contributed by atoms with Gasteiger partial charge in [0.1, 0.15) is 5.82 Å². The number of aryl methyl sites for hydroxylation is 1. The molecule has 0 spiro atoms. The monoisotopic (exact) mass is 386 g/mol. The molecule has 3 rings (SSSR count). The van der Waals surface area contributed by atoms with Crippen LogP contribution >= 0.6 is 11.8 Å². The number of nitrogens with two attached hydrogens (primary N) is 1. The van der Waals surface area contributed by atoms with Crippen LogP contribution in [-0.2, 0) is 0 Å². The molecule has 0 fully saturated rings. The first kappa shape index (κ1) is 19.3. The lowest BCUT2D eigenvalue weighted by Gasteiger charge is -2.27. The number of nitrogens with zero attached hydrogens (tertiary/aromatic N) is 2. The summed E-state index contributed by atoms with van der Waals surface area (Å²) >= 11 is 1.23. The van der Waals surface area contributed by atoms with Crippen molar-refractivity contribution in [1.82, 2.24) is 5.32 Å². The number of carbonyl (C=O) groups excluding carboxylic acids is 1. The van der Waals surface area contributed by atoms with Crippen LogP contribution < -0.4 is 11.1 Å². The van der Waals surface area contributed by atoms with Gasteiger partial charge in [-0.2, -0.15) is 10.5 Å². The van der Waals surface area contributed by atoms with Crippen LogP contribution in [0.3, 0.4) is 0 Å². The number of Topliss-reactive ketones (excluding diaryl/α,β-unsaturated/α-hetero) is 1. The van der Waals surface area contributed by atoms with Gasteiger partial charge in [-0.1, -0.05) is 66.4 Å². The van der Waals surface area contributed by atoms with E-state index in [0.717, 1.165) is 11.1 Å². The zero-order chi connectivity index (χ0) is 20.1. The number of benzene rings is 2. The van der Waals surface area contributed by atoms with Crippen molar-refractivity contribution in [2.75, 3.05) is 5.75 Å². The largest absolute Gasteiger partial charge is 0.384 e. The first-order chi connectivity index (χ1) is 13.6. The Morgan fingerprint density at radius 2 is 1.71 bits per heavy atom.